The standard InChI is InChI=1S/C10H10N2O2/c11-3-7-5-1-2-6(8(7)4-12)10(14)9(5)13/h5-6,9-10,13-14H,1-2H2. The third kappa shape index (κ3) is 0.988. The number of nitrogens with zero attached hydrogens (tertiary/aromatic N) is 2. The summed E-state index contributed by atoms with van der Waals surface area (Å²) in [4.78, 5) is 0. The molecule has 0 spiro atoms. The molecule has 4 atom stereocenters. The lowest BCUT2D eigenvalue weighted by Crippen LogP contribution is -2.48. The maximum Gasteiger partial charge on any atom is 0.0961 e. The smallest absolute Gasteiger partial charge is 0.0961 e. The highest BCUT2D eigenvalue weighted by Crippen LogP contribution is 2.44. The zero-order valence-electron chi connectivity index (χ0n) is 7.51. The highest BCUT2D eigenvalue weighted by molar-refractivity contribution is 5.45. The molecule has 0 amide bonds. The normalized spacial score (nSPS) is 40.6. The van der Waals surface area contributed by atoms with Gasteiger partial charge in [0.1, 0.15) is 0 Å². The maximum absolute atomic E-state index is 9.64. The van der Waals surface area contributed by atoms with Gasteiger partial charge in [-0.3, -0.25) is 0 Å². The molecule has 14 heavy (non-hydrogen) atoms. The summed E-state index contributed by atoms with van der Waals surface area (Å²) < 4.78 is 0. The molecule has 1 fully saturated rings. The highest BCUT2D eigenvalue weighted by Gasteiger charge is 2.47. The fourth-order valence-corrected chi connectivity index (χ4v) is 2.49. The summed E-state index contributed by atoms with van der Waals surface area (Å²) in [6, 6.07) is 3.95. The van der Waals surface area contributed by atoms with Crippen molar-refractivity contribution in [3.63, 3.8) is 0 Å². The molecule has 0 saturated heterocycles. The third-order valence-electron chi connectivity index (χ3n) is 3.24. The summed E-state index contributed by atoms with van der Waals surface area (Å²) in [5.74, 6) is -0.677. The Kier molecular flexibility index (Phi) is 2.03. The van der Waals surface area contributed by atoms with Crippen LogP contribution in [0.2, 0.25) is 0 Å². The van der Waals surface area contributed by atoms with E-state index in [1.54, 1.807) is 0 Å². The van der Waals surface area contributed by atoms with Gasteiger partial charge in [0.2, 0.25) is 0 Å². The summed E-state index contributed by atoms with van der Waals surface area (Å²) in [5.41, 5.74) is 0.753. The van der Waals surface area contributed by atoms with Crippen LogP contribution in [-0.2, 0) is 0 Å². The van der Waals surface area contributed by atoms with Crippen LogP contribution < -0.4 is 0 Å². The van der Waals surface area contributed by atoms with E-state index >= 15 is 0 Å². The van der Waals surface area contributed by atoms with Gasteiger partial charge in [0.25, 0.3) is 0 Å². The number of aliphatic hydroxyl groups is 2. The zero-order chi connectivity index (χ0) is 10.3. The Balaban J connectivity index is 2.52. The monoisotopic (exact) mass is 190 g/mol. The Labute approximate surface area is 81.7 Å². The molecule has 4 nitrogen and oxygen atoms in total. The average Bonchev–Trinajstić information content (AvgIpc) is 2.23. The lowest BCUT2D eigenvalue weighted by atomic mass is 9.64. The molecule has 4 heteroatoms. The molecule has 0 aromatic heterocycles. The van der Waals surface area contributed by atoms with Gasteiger partial charge in [-0.05, 0) is 12.8 Å². The molecule has 0 aliphatic heterocycles. The van der Waals surface area contributed by atoms with Crippen molar-refractivity contribution >= 4 is 0 Å². The Morgan fingerprint density at radius 3 is 1.57 bits per heavy atom. The average molecular weight is 190 g/mol. The van der Waals surface area contributed by atoms with E-state index in [0.29, 0.717) is 24.0 Å². The van der Waals surface area contributed by atoms with E-state index in [0.717, 1.165) is 0 Å². The van der Waals surface area contributed by atoms with Gasteiger partial charge >= 0.3 is 0 Å². The van der Waals surface area contributed by atoms with Crippen LogP contribution in [0.1, 0.15) is 12.8 Å². The Morgan fingerprint density at radius 1 is 0.929 bits per heavy atom. The molecule has 4 unspecified atom stereocenters. The van der Waals surface area contributed by atoms with Gasteiger partial charge < -0.3 is 10.2 Å². The molecule has 72 valence electrons. The molecule has 0 aromatic carbocycles. The number of aliphatic hydroxyl groups excluding tert-OH is 2. The molecular weight excluding hydrogens is 180 g/mol. The van der Waals surface area contributed by atoms with Crippen LogP contribution in [0.25, 0.3) is 0 Å². The van der Waals surface area contributed by atoms with Gasteiger partial charge in [-0.1, -0.05) is 0 Å². The van der Waals surface area contributed by atoms with Crippen LogP contribution in [0.3, 0.4) is 0 Å². The predicted molar refractivity (Wildman–Crippen MR) is 46.5 cm³/mol. The minimum absolute atomic E-state index is 0.338. The molecule has 0 radical (unpaired) electrons. The maximum atomic E-state index is 9.64. The van der Waals surface area contributed by atoms with Crippen LogP contribution in [0.4, 0.5) is 0 Å². The van der Waals surface area contributed by atoms with Crippen LogP contribution in [0.5, 0.6) is 0 Å². The number of hydrogen-bond acceptors (Lipinski definition) is 4. The highest BCUT2D eigenvalue weighted by atomic mass is 16.3. The number of rotatable bonds is 0. The van der Waals surface area contributed by atoms with E-state index in [1.807, 2.05) is 12.1 Å². The summed E-state index contributed by atoms with van der Waals surface area (Å²) in [7, 11) is 0. The first kappa shape index (κ1) is 9.21. The first-order valence-corrected chi connectivity index (χ1v) is 4.61. The first-order chi connectivity index (χ1) is 6.70. The molecular formula is C10H10N2O2. The van der Waals surface area contributed by atoms with Crippen molar-refractivity contribution in [2.45, 2.75) is 25.0 Å². The zero-order valence-corrected chi connectivity index (χ0v) is 7.51. The van der Waals surface area contributed by atoms with Crippen LogP contribution in [0.15, 0.2) is 11.1 Å². The summed E-state index contributed by atoms with van der Waals surface area (Å²) in [5, 5.41) is 37.0. The fourth-order valence-electron chi connectivity index (χ4n) is 2.49. The van der Waals surface area contributed by atoms with E-state index < -0.39 is 12.2 Å². The topological polar surface area (TPSA) is 88.0 Å². The SMILES string of the molecule is N#CC1=C(C#N)C2CCC1C(O)C2O. The van der Waals surface area contributed by atoms with Gasteiger partial charge in [-0.15, -0.1) is 0 Å². The van der Waals surface area contributed by atoms with Crippen molar-refractivity contribution in [3.05, 3.63) is 11.1 Å². The minimum Gasteiger partial charge on any atom is -0.390 e. The summed E-state index contributed by atoms with van der Waals surface area (Å²) >= 11 is 0. The van der Waals surface area contributed by atoms with Crippen molar-refractivity contribution in [2.75, 3.05) is 0 Å². The molecule has 1 saturated carbocycles. The molecule has 0 aromatic rings. The van der Waals surface area contributed by atoms with Gasteiger partial charge in [0.15, 0.2) is 0 Å². The van der Waals surface area contributed by atoms with E-state index in [-0.39, 0.29) is 11.8 Å². The Bertz CT molecular complexity index is 339. The predicted octanol–water partition coefficient (Wildman–Crippen LogP) is 0.0918. The Hall–Kier alpha value is -1.36. The number of hydrogen-bond donors (Lipinski definition) is 2. The van der Waals surface area contributed by atoms with Crippen LogP contribution >= 0.6 is 0 Å². The largest absolute Gasteiger partial charge is 0.390 e. The Morgan fingerprint density at radius 2 is 1.29 bits per heavy atom. The lowest BCUT2D eigenvalue weighted by molar-refractivity contribution is -0.0662. The summed E-state index contributed by atoms with van der Waals surface area (Å²) in [6.07, 6.45) is -0.366. The van der Waals surface area contributed by atoms with E-state index in [4.69, 9.17) is 10.5 Å². The molecule has 3 aliphatic rings. The first-order valence-electron chi connectivity index (χ1n) is 4.61. The quantitative estimate of drug-likeness (QED) is 0.566. The molecule has 3 aliphatic carbocycles. The second kappa shape index (κ2) is 3.09. The second-order valence-corrected chi connectivity index (χ2v) is 3.82. The van der Waals surface area contributed by atoms with Crippen molar-refractivity contribution in [1.82, 2.24) is 0 Å². The van der Waals surface area contributed by atoms with Gasteiger partial charge in [-0.25, -0.2) is 0 Å². The molecule has 2 bridgehead atoms. The fraction of sp³-hybridized carbons (Fsp3) is 0.600. The van der Waals surface area contributed by atoms with Crippen molar-refractivity contribution < 1.29 is 10.2 Å². The van der Waals surface area contributed by atoms with Gasteiger partial charge in [0, 0.05) is 23.0 Å². The molecule has 3 rings (SSSR count). The second-order valence-electron chi connectivity index (χ2n) is 3.82. The molecule has 0 heterocycles. The number of nitriles is 2. The van der Waals surface area contributed by atoms with Crippen molar-refractivity contribution in [2.24, 2.45) is 11.8 Å². The van der Waals surface area contributed by atoms with Crippen LogP contribution in [-0.4, -0.2) is 22.4 Å². The van der Waals surface area contributed by atoms with Crippen molar-refractivity contribution in [1.29, 1.82) is 10.5 Å². The van der Waals surface area contributed by atoms with Gasteiger partial charge in [0.05, 0.1) is 24.3 Å². The summed E-state index contributed by atoms with van der Waals surface area (Å²) in [6.45, 7) is 0. The van der Waals surface area contributed by atoms with E-state index in [2.05, 4.69) is 0 Å². The van der Waals surface area contributed by atoms with Gasteiger partial charge in [-0.2, -0.15) is 10.5 Å². The minimum atomic E-state index is -0.875. The molecule has 2 N–H and O–H groups in total. The lowest BCUT2D eigenvalue weighted by Gasteiger charge is -2.42. The van der Waals surface area contributed by atoms with Crippen LogP contribution in [0, 0.1) is 34.5 Å². The number of fused-ring (bicyclic) bond motifs is 2. The van der Waals surface area contributed by atoms with E-state index in [9.17, 15) is 10.2 Å². The third-order valence-corrected chi connectivity index (χ3v) is 3.24. The van der Waals surface area contributed by atoms with E-state index in [1.165, 1.54) is 0 Å². The van der Waals surface area contributed by atoms with Crippen molar-refractivity contribution in [3.8, 4) is 12.1 Å².